The number of ether oxygens (including phenoxy) is 1. The van der Waals surface area contributed by atoms with Crippen LogP contribution < -0.4 is 5.32 Å². The molecule has 0 saturated carbocycles. The number of rotatable bonds is 3. The van der Waals surface area contributed by atoms with E-state index in [0.29, 0.717) is 26.2 Å². The van der Waals surface area contributed by atoms with Gasteiger partial charge in [-0.25, -0.2) is 0 Å². The third-order valence-electron chi connectivity index (χ3n) is 3.07. The van der Waals surface area contributed by atoms with Crippen LogP contribution in [0.4, 0.5) is 0 Å². The normalized spacial score (nSPS) is 19.4. The number of hydrogen-bond acceptors (Lipinski definition) is 5. The van der Waals surface area contributed by atoms with Gasteiger partial charge in [0.1, 0.15) is 11.5 Å². The van der Waals surface area contributed by atoms with Crippen molar-refractivity contribution in [3.63, 3.8) is 0 Å². The Balaban J connectivity index is 2.10. The number of likely N-dealkylation sites (N-methyl/N-ethyl adjacent to an activating group) is 1. The molecule has 6 heteroatoms. The predicted octanol–water partition coefficient (Wildman–Crippen LogP) is 0.158. The molecule has 104 valence electrons. The van der Waals surface area contributed by atoms with Gasteiger partial charge in [0.2, 0.25) is 0 Å². The fourth-order valence-corrected chi connectivity index (χ4v) is 2.13. The SMILES string of the molecule is CNCC1CN(C(=O)c2ccc(O)cc2O)CCO1. The highest BCUT2D eigenvalue weighted by molar-refractivity contribution is 5.97. The second kappa shape index (κ2) is 5.90. The number of hydrogen-bond donors (Lipinski definition) is 3. The van der Waals surface area contributed by atoms with Gasteiger partial charge in [-0.2, -0.15) is 0 Å². The Morgan fingerprint density at radius 2 is 2.32 bits per heavy atom. The third-order valence-corrected chi connectivity index (χ3v) is 3.07. The average molecular weight is 266 g/mol. The van der Waals surface area contributed by atoms with Crippen LogP contribution in [0.1, 0.15) is 10.4 Å². The van der Waals surface area contributed by atoms with Crippen LogP contribution >= 0.6 is 0 Å². The molecule has 0 aromatic heterocycles. The molecule has 0 spiro atoms. The van der Waals surface area contributed by atoms with Gasteiger partial charge >= 0.3 is 0 Å². The zero-order valence-corrected chi connectivity index (χ0v) is 10.8. The average Bonchev–Trinajstić information content (AvgIpc) is 2.39. The van der Waals surface area contributed by atoms with Crippen molar-refractivity contribution in [2.24, 2.45) is 0 Å². The van der Waals surface area contributed by atoms with E-state index in [2.05, 4.69) is 5.32 Å². The summed E-state index contributed by atoms with van der Waals surface area (Å²) < 4.78 is 5.53. The minimum Gasteiger partial charge on any atom is -0.508 e. The highest BCUT2D eigenvalue weighted by Crippen LogP contribution is 2.24. The van der Waals surface area contributed by atoms with Crippen molar-refractivity contribution in [1.29, 1.82) is 0 Å². The van der Waals surface area contributed by atoms with E-state index in [9.17, 15) is 15.0 Å². The van der Waals surface area contributed by atoms with E-state index >= 15 is 0 Å². The number of phenolic OH excluding ortho intramolecular Hbond substituents is 2. The van der Waals surface area contributed by atoms with Crippen molar-refractivity contribution in [3.8, 4) is 11.5 Å². The van der Waals surface area contributed by atoms with E-state index in [1.807, 2.05) is 7.05 Å². The monoisotopic (exact) mass is 266 g/mol. The summed E-state index contributed by atoms with van der Waals surface area (Å²) in [4.78, 5) is 13.9. The topological polar surface area (TPSA) is 82.0 Å². The molecule has 1 fully saturated rings. The van der Waals surface area contributed by atoms with Gasteiger partial charge in [-0.1, -0.05) is 0 Å². The number of nitrogens with one attached hydrogen (secondary N) is 1. The Bertz CT molecular complexity index is 462. The molecular formula is C13H18N2O4. The molecule has 0 radical (unpaired) electrons. The summed E-state index contributed by atoms with van der Waals surface area (Å²) >= 11 is 0. The van der Waals surface area contributed by atoms with E-state index in [1.165, 1.54) is 18.2 Å². The molecule has 0 aliphatic carbocycles. The van der Waals surface area contributed by atoms with Gasteiger partial charge in [0.15, 0.2) is 0 Å². The Morgan fingerprint density at radius 3 is 3.00 bits per heavy atom. The van der Waals surface area contributed by atoms with Gasteiger partial charge in [-0.05, 0) is 19.2 Å². The summed E-state index contributed by atoms with van der Waals surface area (Å²) in [5.41, 5.74) is 0.197. The van der Waals surface area contributed by atoms with Gasteiger partial charge < -0.3 is 25.2 Å². The number of carbonyl (C=O) groups is 1. The van der Waals surface area contributed by atoms with E-state index in [-0.39, 0.29) is 29.1 Å². The smallest absolute Gasteiger partial charge is 0.257 e. The maximum absolute atomic E-state index is 12.3. The molecule has 1 amide bonds. The van der Waals surface area contributed by atoms with Gasteiger partial charge in [-0.3, -0.25) is 4.79 Å². The summed E-state index contributed by atoms with van der Waals surface area (Å²) in [6.07, 6.45) is -0.0399. The van der Waals surface area contributed by atoms with Crippen LogP contribution in [0.3, 0.4) is 0 Å². The lowest BCUT2D eigenvalue weighted by Gasteiger charge is -2.33. The summed E-state index contributed by atoms with van der Waals surface area (Å²) in [5, 5.41) is 21.9. The first-order valence-corrected chi connectivity index (χ1v) is 6.19. The van der Waals surface area contributed by atoms with Crippen LogP contribution in [0.15, 0.2) is 18.2 Å². The minimum atomic E-state index is -0.248. The van der Waals surface area contributed by atoms with Crippen LogP contribution in [-0.4, -0.2) is 60.4 Å². The largest absolute Gasteiger partial charge is 0.508 e. The van der Waals surface area contributed by atoms with E-state index in [1.54, 1.807) is 4.90 Å². The molecule has 2 rings (SSSR count). The van der Waals surface area contributed by atoms with Crippen molar-refractivity contribution in [3.05, 3.63) is 23.8 Å². The fourth-order valence-electron chi connectivity index (χ4n) is 2.13. The standard InChI is InChI=1S/C13H18N2O4/c1-14-7-10-8-15(4-5-19-10)13(18)11-3-2-9(16)6-12(11)17/h2-3,6,10,14,16-17H,4-5,7-8H2,1H3. The van der Waals surface area contributed by atoms with Crippen LogP contribution in [0.5, 0.6) is 11.5 Å². The van der Waals surface area contributed by atoms with Crippen LogP contribution in [0.25, 0.3) is 0 Å². The molecule has 0 bridgehead atoms. The van der Waals surface area contributed by atoms with E-state index < -0.39 is 0 Å². The Hall–Kier alpha value is -1.79. The highest BCUT2D eigenvalue weighted by Gasteiger charge is 2.26. The number of phenols is 2. The summed E-state index contributed by atoms with van der Waals surface area (Å²) in [7, 11) is 1.83. The number of aromatic hydroxyl groups is 2. The number of benzene rings is 1. The predicted molar refractivity (Wildman–Crippen MR) is 69.3 cm³/mol. The lowest BCUT2D eigenvalue weighted by Crippen LogP contribution is -2.48. The molecule has 6 nitrogen and oxygen atoms in total. The summed E-state index contributed by atoms with van der Waals surface area (Å²) in [6, 6.07) is 3.98. The second-order valence-corrected chi connectivity index (χ2v) is 4.50. The number of amides is 1. The Kier molecular flexibility index (Phi) is 4.24. The maximum Gasteiger partial charge on any atom is 0.257 e. The molecule has 3 N–H and O–H groups in total. The lowest BCUT2D eigenvalue weighted by atomic mass is 10.1. The van der Waals surface area contributed by atoms with Gasteiger partial charge in [0, 0.05) is 25.7 Å². The van der Waals surface area contributed by atoms with E-state index in [4.69, 9.17) is 4.74 Å². The summed E-state index contributed by atoms with van der Waals surface area (Å²) in [5.74, 6) is -0.521. The Morgan fingerprint density at radius 1 is 1.53 bits per heavy atom. The molecule has 1 saturated heterocycles. The van der Waals surface area contributed by atoms with E-state index in [0.717, 1.165) is 0 Å². The fraction of sp³-hybridized carbons (Fsp3) is 0.462. The molecule has 1 aromatic rings. The van der Waals surface area contributed by atoms with Crippen molar-refractivity contribution < 1.29 is 19.7 Å². The minimum absolute atomic E-state index is 0.0399. The third kappa shape index (κ3) is 3.15. The Labute approximate surface area is 111 Å². The highest BCUT2D eigenvalue weighted by atomic mass is 16.5. The first kappa shape index (κ1) is 13.6. The molecule has 1 atom stereocenters. The number of nitrogens with zero attached hydrogens (tertiary/aromatic N) is 1. The van der Waals surface area contributed by atoms with Crippen molar-refractivity contribution >= 4 is 5.91 Å². The second-order valence-electron chi connectivity index (χ2n) is 4.50. The molecule has 1 aliphatic rings. The zero-order valence-electron chi connectivity index (χ0n) is 10.8. The molecule has 1 unspecified atom stereocenters. The van der Waals surface area contributed by atoms with Crippen molar-refractivity contribution in [2.45, 2.75) is 6.10 Å². The number of carbonyl (C=O) groups excluding carboxylic acids is 1. The van der Waals surface area contributed by atoms with Crippen LogP contribution in [0, 0.1) is 0 Å². The van der Waals surface area contributed by atoms with Gasteiger partial charge in [0.25, 0.3) is 5.91 Å². The molecule has 19 heavy (non-hydrogen) atoms. The van der Waals surface area contributed by atoms with Crippen LogP contribution in [-0.2, 0) is 4.74 Å². The van der Waals surface area contributed by atoms with Gasteiger partial charge in [-0.15, -0.1) is 0 Å². The lowest BCUT2D eigenvalue weighted by molar-refractivity contribution is -0.0197. The molecule has 1 heterocycles. The van der Waals surface area contributed by atoms with Gasteiger partial charge in [0.05, 0.1) is 18.3 Å². The molecule has 1 aliphatic heterocycles. The summed E-state index contributed by atoms with van der Waals surface area (Å²) in [6.45, 7) is 2.14. The zero-order chi connectivity index (χ0) is 13.8. The van der Waals surface area contributed by atoms with Crippen LogP contribution in [0.2, 0.25) is 0 Å². The molecule has 1 aromatic carbocycles. The number of morpholine rings is 1. The molecular weight excluding hydrogens is 248 g/mol. The first-order valence-electron chi connectivity index (χ1n) is 6.19. The quantitative estimate of drug-likeness (QED) is 0.726. The first-order chi connectivity index (χ1) is 9.11. The maximum atomic E-state index is 12.3. The van der Waals surface area contributed by atoms with Crippen molar-refractivity contribution in [1.82, 2.24) is 10.2 Å². The van der Waals surface area contributed by atoms with Crippen molar-refractivity contribution in [2.75, 3.05) is 33.3 Å².